The Kier molecular flexibility index (Phi) is 5.36. The molecule has 1 amide bonds. The first-order valence-corrected chi connectivity index (χ1v) is 7.39. The number of carbonyl (C=O) groups excluding carboxylic acids is 1. The summed E-state index contributed by atoms with van der Waals surface area (Å²) in [5.41, 5.74) is 3.21. The van der Waals surface area contributed by atoms with Crippen LogP contribution in [0.1, 0.15) is 23.4 Å². The highest BCUT2D eigenvalue weighted by atomic mass is 16.5. The predicted molar refractivity (Wildman–Crippen MR) is 78.9 cm³/mol. The summed E-state index contributed by atoms with van der Waals surface area (Å²) in [6.45, 7) is 6.96. The van der Waals surface area contributed by atoms with Crippen LogP contribution in [0.2, 0.25) is 0 Å². The Morgan fingerprint density at radius 1 is 1.52 bits per heavy atom. The molecular weight excluding hydrogens is 270 g/mol. The van der Waals surface area contributed by atoms with Gasteiger partial charge in [-0.1, -0.05) is 0 Å². The van der Waals surface area contributed by atoms with Crippen molar-refractivity contribution in [1.29, 1.82) is 0 Å². The van der Waals surface area contributed by atoms with Crippen LogP contribution in [0.3, 0.4) is 0 Å². The second-order valence-corrected chi connectivity index (χ2v) is 5.59. The minimum absolute atomic E-state index is 0.0147. The number of hydrogen-bond acceptors (Lipinski definition) is 4. The van der Waals surface area contributed by atoms with E-state index < -0.39 is 0 Å². The fourth-order valence-corrected chi connectivity index (χ4v) is 2.69. The number of rotatable bonds is 6. The van der Waals surface area contributed by atoms with Crippen molar-refractivity contribution in [3.8, 4) is 0 Å². The minimum atomic E-state index is -0.0147. The van der Waals surface area contributed by atoms with E-state index in [1.54, 1.807) is 7.11 Å². The molecule has 1 aromatic rings. The second-order valence-electron chi connectivity index (χ2n) is 5.59. The van der Waals surface area contributed by atoms with Crippen LogP contribution >= 0.6 is 0 Å². The summed E-state index contributed by atoms with van der Waals surface area (Å²) in [6.07, 6.45) is 0.813. The summed E-state index contributed by atoms with van der Waals surface area (Å²) >= 11 is 0. The van der Waals surface area contributed by atoms with Gasteiger partial charge in [-0.15, -0.1) is 0 Å². The van der Waals surface area contributed by atoms with Crippen LogP contribution in [-0.4, -0.2) is 54.1 Å². The van der Waals surface area contributed by atoms with Crippen molar-refractivity contribution in [2.45, 2.75) is 26.8 Å². The highest BCUT2D eigenvalue weighted by molar-refractivity contribution is 5.79. The summed E-state index contributed by atoms with van der Waals surface area (Å²) in [6, 6.07) is 0. The molecule has 2 heterocycles. The fraction of sp³-hybridized carbons (Fsp3) is 0.733. The lowest BCUT2D eigenvalue weighted by atomic mass is 10.1. The summed E-state index contributed by atoms with van der Waals surface area (Å²) in [7, 11) is 3.58. The zero-order chi connectivity index (χ0) is 15.4. The van der Waals surface area contributed by atoms with Gasteiger partial charge in [-0.05, 0) is 20.3 Å². The highest BCUT2D eigenvalue weighted by Gasteiger charge is 2.28. The molecule has 0 unspecified atom stereocenters. The van der Waals surface area contributed by atoms with Gasteiger partial charge < -0.3 is 14.4 Å². The lowest BCUT2D eigenvalue weighted by molar-refractivity contribution is -0.136. The van der Waals surface area contributed by atoms with Gasteiger partial charge in [0.2, 0.25) is 5.91 Å². The zero-order valence-corrected chi connectivity index (χ0v) is 13.4. The summed E-state index contributed by atoms with van der Waals surface area (Å²) in [4.78, 5) is 14.5. The molecule has 1 aromatic heterocycles. The van der Waals surface area contributed by atoms with Crippen molar-refractivity contribution >= 4 is 5.91 Å². The van der Waals surface area contributed by atoms with Gasteiger partial charge in [-0.3, -0.25) is 9.48 Å². The topological polar surface area (TPSA) is 56.6 Å². The van der Waals surface area contributed by atoms with Crippen molar-refractivity contribution in [2.75, 3.05) is 33.5 Å². The normalized spacial score (nSPS) is 18.2. The number of aryl methyl sites for hydroxylation is 2. The third-order valence-corrected chi connectivity index (χ3v) is 4.16. The summed E-state index contributed by atoms with van der Waals surface area (Å²) in [5.74, 6) is 0.145. The van der Waals surface area contributed by atoms with Crippen molar-refractivity contribution in [1.82, 2.24) is 14.7 Å². The van der Waals surface area contributed by atoms with Crippen molar-refractivity contribution in [3.63, 3.8) is 0 Å². The average molecular weight is 295 g/mol. The minimum Gasteiger partial charge on any atom is -0.383 e. The smallest absolute Gasteiger partial charge is 0.228 e. The number of carbonyl (C=O) groups is 1. The van der Waals surface area contributed by atoms with Crippen LogP contribution in [0, 0.1) is 19.8 Å². The van der Waals surface area contributed by atoms with Gasteiger partial charge >= 0.3 is 0 Å². The number of hydrogen-bond donors (Lipinski definition) is 0. The highest BCUT2D eigenvalue weighted by Crippen LogP contribution is 2.20. The molecule has 0 bridgehead atoms. The number of aromatic nitrogens is 2. The molecule has 0 aromatic carbocycles. The predicted octanol–water partition coefficient (Wildman–Crippen LogP) is 1.05. The SMILES string of the molecule is COCCN(Cc1c(C)nn(C)c1C)C(=O)[C@H]1CCOC1. The molecule has 118 valence electrons. The van der Waals surface area contributed by atoms with E-state index in [-0.39, 0.29) is 11.8 Å². The van der Waals surface area contributed by atoms with Gasteiger partial charge in [0.25, 0.3) is 0 Å². The molecule has 0 N–H and O–H groups in total. The van der Waals surface area contributed by atoms with Crippen LogP contribution in [0.15, 0.2) is 0 Å². The lowest BCUT2D eigenvalue weighted by Crippen LogP contribution is -2.38. The molecule has 1 aliphatic rings. The molecule has 2 rings (SSSR count). The van der Waals surface area contributed by atoms with Crippen LogP contribution in [0.4, 0.5) is 0 Å². The van der Waals surface area contributed by atoms with Gasteiger partial charge in [0.05, 0.1) is 24.8 Å². The Hall–Kier alpha value is -1.40. The Balaban J connectivity index is 2.13. The largest absolute Gasteiger partial charge is 0.383 e. The third-order valence-electron chi connectivity index (χ3n) is 4.16. The maximum absolute atomic E-state index is 12.6. The zero-order valence-electron chi connectivity index (χ0n) is 13.4. The van der Waals surface area contributed by atoms with E-state index in [0.29, 0.717) is 32.9 Å². The number of ether oxygens (including phenoxy) is 2. The number of methoxy groups -OCH3 is 1. The van der Waals surface area contributed by atoms with Crippen LogP contribution in [0.5, 0.6) is 0 Å². The molecule has 0 aliphatic carbocycles. The fourth-order valence-electron chi connectivity index (χ4n) is 2.69. The molecular formula is C15H25N3O3. The van der Waals surface area contributed by atoms with Gasteiger partial charge in [0, 0.05) is 45.1 Å². The Labute approximate surface area is 126 Å². The van der Waals surface area contributed by atoms with E-state index in [9.17, 15) is 4.79 Å². The lowest BCUT2D eigenvalue weighted by Gasteiger charge is -2.25. The van der Waals surface area contributed by atoms with E-state index in [1.807, 2.05) is 30.5 Å². The van der Waals surface area contributed by atoms with E-state index in [2.05, 4.69) is 5.10 Å². The van der Waals surface area contributed by atoms with Crippen LogP contribution in [0.25, 0.3) is 0 Å². The van der Waals surface area contributed by atoms with E-state index in [4.69, 9.17) is 9.47 Å². The summed E-state index contributed by atoms with van der Waals surface area (Å²) < 4.78 is 12.3. The molecule has 0 radical (unpaired) electrons. The van der Waals surface area contributed by atoms with Crippen molar-refractivity contribution in [2.24, 2.45) is 13.0 Å². The van der Waals surface area contributed by atoms with E-state index in [1.165, 1.54) is 0 Å². The Morgan fingerprint density at radius 3 is 2.81 bits per heavy atom. The molecule has 0 saturated carbocycles. The molecule has 1 atom stereocenters. The maximum atomic E-state index is 12.6. The van der Waals surface area contributed by atoms with Crippen LogP contribution < -0.4 is 0 Å². The molecule has 1 saturated heterocycles. The number of nitrogens with zero attached hydrogens (tertiary/aromatic N) is 3. The Bertz CT molecular complexity index is 493. The number of amides is 1. The summed E-state index contributed by atoms with van der Waals surface area (Å²) in [5, 5.41) is 4.42. The van der Waals surface area contributed by atoms with E-state index in [0.717, 1.165) is 23.4 Å². The molecule has 1 aliphatic heterocycles. The van der Waals surface area contributed by atoms with Crippen molar-refractivity contribution in [3.05, 3.63) is 17.0 Å². The van der Waals surface area contributed by atoms with Crippen LogP contribution in [-0.2, 0) is 27.9 Å². The molecule has 6 heteroatoms. The van der Waals surface area contributed by atoms with E-state index >= 15 is 0 Å². The first-order valence-electron chi connectivity index (χ1n) is 7.39. The molecule has 21 heavy (non-hydrogen) atoms. The second kappa shape index (κ2) is 7.04. The first kappa shape index (κ1) is 16.0. The first-order chi connectivity index (χ1) is 10.0. The third kappa shape index (κ3) is 3.63. The monoisotopic (exact) mass is 295 g/mol. The van der Waals surface area contributed by atoms with Gasteiger partial charge in [0.1, 0.15) is 0 Å². The standard InChI is InChI=1S/C15H25N3O3/c1-11-14(12(2)17(3)16-11)9-18(6-8-20-4)15(19)13-5-7-21-10-13/h13H,5-10H2,1-4H3/t13-/m0/s1. The van der Waals surface area contributed by atoms with Gasteiger partial charge in [0.15, 0.2) is 0 Å². The Morgan fingerprint density at radius 2 is 2.29 bits per heavy atom. The quantitative estimate of drug-likeness (QED) is 0.787. The molecule has 1 fully saturated rings. The van der Waals surface area contributed by atoms with Crippen molar-refractivity contribution < 1.29 is 14.3 Å². The molecule has 6 nitrogen and oxygen atoms in total. The van der Waals surface area contributed by atoms with Gasteiger partial charge in [-0.2, -0.15) is 5.10 Å². The maximum Gasteiger partial charge on any atom is 0.228 e. The average Bonchev–Trinajstić information content (AvgIpc) is 3.06. The molecule has 0 spiro atoms. The van der Waals surface area contributed by atoms with Gasteiger partial charge in [-0.25, -0.2) is 0 Å².